The molecular weight excluding hydrogens is 415 g/mol. The van der Waals surface area contributed by atoms with E-state index in [1.165, 1.54) is 35.4 Å². The van der Waals surface area contributed by atoms with Crippen molar-refractivity contribution in [2.75, 3.05) is 9.96 Å². The van der Waals surface area contributed by atoms with Crippen LogP contribution in [0.25, 0.3) is 0 Å². The van der Waals surface area contributed by atoms with Crippen LogP contribution in [-0.2, 0) is 14.4 Å². The average molecular weight is 432 g/mol. The van der Waals surface area contributed by atoms with E-state index in [2.05, 4.69) is 0 Å². The van der Waals surface area contributed by atoms with Crippen molar-refractivity contribution in [1.29, 1.82) is 0 Å². The van der Waals surface area contributed by atoms with Gasteiger partial charge < -0.3 is 5.11 Å². The van der Waals surface area contributed by atoms with E-state index in [9.17, 15) is 23.9 Å². The van der Waals surface area contributed by atoms with Crippen molar-refractivity contribution in [3.8, 4) is 0 Å². The number of amides is 2. The molecule has 2 saturated heterocycles. The smallest absolute Gasteiger partial charge is 0.336 e. The van der Waals surface area contributed by atoms with Crippen molar-refractivity contribution in [1.82, 2.24) is 0 Å². The van der Waals surface area contributed by atoms with Crippen LogP contribution in [0.5, 0.6) is 0 Å². The Hall–Kier alpha value is -4.04. The Kier molecular flexibility index (Phi) is 4.71. The molecule has 5 rings (SSSR count). The molecule has 8 heteroatoms. The molecule has 160 valence electrons. The second-order valence-corrected chi connectivity index (χ2v) is 7.51. The molecule has 7 nitrogen and oxygen atoms in total. The van der Waals surface area contributed by atoms with Crippen LogP contribution < -0.4 is 9.96 Å². The standard InChI is InChI=1S/C24H17FN2O5/c25-17-12-6-7-13-18(17)26-22(28)19-20(15-10-4-5-11-16(15)24(30)31)27(32-21(19)23(26)29)14-8-2-1-3-9-14/h1-13,19-21H,(H,30,31)/t19-,20+,21+/m0/s1. The van der Waals surface area contributed by atoms with Crippen LogP contribution in [0, 0.1) is 11.7 Å². The first-order valence-corrected chi connectivity index (χ1v) is 9.94. The maximum absolute atomic E-state index is 14.4. The number of hydrogen-bond donors (Lipinski definition) is 1. The number of benzene rings is 3. The van der Waals surface area contributed by atoms with Gasteiger partial charge in [-0.1, -0.05) is 48.5 Å². The number of anilines is 2. The normalized spacial score (nSPS) is 22.3. The van der Waals surface area contributed by atoms with Crippen molar-refractivity contribution in [3.63, 3.8) is 0 Å². The minimum atomic E-state index is -1.21. The fourth-order valence-electron chi connectivity index (χ4n) is 4.35. The van der Waals surface area contributed by atoms with E-state index in [4.69, 9.17) is 4.84 Å². The minimum Gasteiger partial charge on any atom is -0.478 e. The number of fused-ring (bicyclic) bond motifs is 1. The number of carbonyl (C=O) groups excluding carboxylic acids is 2. The zero-order valence-corrected chi connectivity index (χ0v) is 16.6. The van der Waals surface area contributed by atoms with Gasteiger partial charge in [0, 0.05) is 0 Å². The van der Waals surface area contributed by atoms with Crippen molar-refractivity contribution in [2.24, 2.45) is 5.92 Å². The summed E-state index contributed by atoms with van der Waals surface area (Å²) in [5.41, 5.74) is 0.724. The fourth-order valence-corrected chi connectivity index (χ4v) is 4.35. The number of carboxylic acid groups (broad SMARTS) is 1. The molecule has 3 aromatic rings. The summed E-state index contributed by atoms with van der Waals surface area (Å²) < 4.78 is 14.4. The molecule has 3 atom stereocenters. The zero-order valence-electron chi connectivity index (χ0n) is 16.6. The van der Waals surface area contributed by atoms with Gasteiger partial charge >= 0.3 is 5.97 Å². The van der Waals surface area contributed by atoms with Crippen LogP contribution in [0.1, 0.15) is 22.0 Å². The highest BCUT2D eigenvalue weighted by Gasteiger charge is 2.61. The van der Waals surface area contributed by atoms with E-state index in [1.54, 1.807) is 48.5 Å². The highest BCUT2D eigenvalue weighted by atomic mass is 19.1. The number of hydroxylamine groups is 1. The molecule has 0 radical (unpaired) electrons. The van der Waals surface area contributed by atoms with Gasteiger partial charge in [-0.25, -0.2) is 19.1 Å². The van der Waals surface area contributed by atoms with Gasteiger partial charge in [0.05, 0.1) is 23.0 Å². The molecule has 2 aliphatic rings. The summed E-state index contributed by atoms with van der Waals surface area (Å²) in [5.74, 6) is -4.27. The highest BCUT2D eigenvalue weighted by molar-refractivity contribution is 6.24. The highest BCUT2D eigenvalue weighted by Crippen LogP contribution is 2.48. The first-order valence-electron chi connectivity index (χ1n) is 9.94. The van der Waals surface area contributed by atoms with E-state index in [0.29, 0.717) is 11.3 Å². The monoisotopic (exact) mass is 432 g/mol. The van der Waals surface area contributed by atoms with Crippen molar-refractivity contribution in [3.05, 3.63) is 95.8 Å². The summed E-state index contributed by atoms with van der Waals surface area (Å²) in [6.07, 6.45) is -1.21. The van der Waals surface area contributed by atoms with Gasteiger partial charge in [0.1, 0.15) is 11.7 Å². The summed E-state index contributed by atoms with van der Waals surface area (Å²) in [7, 11) is 0. The van der Waals surface area contributed by atoms with Gasteiger partial charge in [0.25, 0.3) is 5.91 Å². The Bertz CT molecular complexity index is 1230. The van der Waals surface area contributed by atoms with Crippen LogP contribution >= 0.6 is 0 Å². The Labute approximate surface area is 182 Å². The lowest BCUT2D eigenvalue weighted by atomic mass is 9.88. The summed E-state index contributed by atoms with van der Waals surface area (Å²) >= 11 is 0. The SMILES string of the molecule is O=C(O)c1ccccc1[C@@H]1[C@@H]2C(=O)N(c3ccccc3F)C(=O)[C@@H]2ON1c1ccccc1. The molecule has 2 fully saturated rings. The predicted octanol–water partition coefficient (Wildman–Crippen LogP) is 3.58. The molecule has 0 spiro atoms. The van der Waals surface area contributed by atoms with E-state index >= 15 is 0 Å². The van der Waals surface area contributed by atoms with Crippen LogP contribution in [0.3, 0.4) is 0 Å². The molecule has 0 saturated carbocycles. The first kappa shape index (κ1) is 19.9. The minimum absolute atomic E-state index is 0.00716. The lowest BCUT2D eigenvalue weighted by Gasteiger charge is -2.29. The molecule has 3 aromatic carbocycles. The number of aromatic carboxylic acids is 1. The lowest BCUT2D eigenvalue weighted by molar-refractivity contribution is -0.126. The lowest BCUT2D eigenvalue weighted by Crippen LogP contribution is -2.38. The number of nitrogens with zero attached hydrogens (tertiary/aromatic N) is 2. The van der Waals surface area contributed by atoms with Crippen LogP contribution in [0.2, 0.25) is 0 Å². The maximum Gasteiger partial charge on any atom is 0.336 e. The molecule has 32 heavy (non-hydrogen) atoms. The zero-order chi connectivity index (χ0) is 22.4. The van der Waals surface area contributed by atoms with Crippen molar-refractivity contribution >= 4 is 29.2 Å². The number of halogens is 1. The molecule has 2 aliphatic heterocycles. The second kappa shape index (κ2) is 7.58. The number of hydrogen-bond acceptors (Lipinski definition) is 5. The van der Waals surface area contributed by atoms with E-state index in [1.807, 2.05) is 0 Å². The largest absolute Gasteiger partial charge is 0.478 e. The first-order chi connectivity index (χ1) is 15.5. The van der Waals surface area contributed by atoms with E-state index < -0.39 is 41.7 Å². The van der Waals surface area contributed by atoms with Gasteiger partial charge in [-0.2, -0.15) is 0 Å². The maximum atomic E-state index is 14.4. The third-order valence-corrected chi connectivity index (χ3v) is 5.73. The molecule has 2 heterocycles. The average Bonchev–Trinajstić information content (AvgIpc) is 3.31. The number of rotatable bonds is 4. The fraction of sp³-hybridized carbons (Fsp3) is 0.125. The third kappa shape index (κ3) is 2.96. The molecule has 1 N–H and O–H groups in total. The molecule has 0 unspecified atom stereocenters. The topological polar surface area (TPSA) is 87.2 Å². The van der Waals surface area contributed by atoms with Crippen LogP contribution in [-0.4, -0.2) is 29.0 Å². The van der Waals surface area contributed by atoms with Gasteiger partial charge in [-0.3, -0.25) is 14.4 Å². The molecule has 0 aromatic heterocycles. The summed E-state index contributed by atoms with van der Waals surface area (Å²) in [5, 5.41) is 11.1. The Balaban J connectivity index is 1.65. The number of carbonyl (C=O) groups is 3. The molecule has 0 aliphatic carbocycles. The van der Waals surface area contributed by atoms with Gasteiger partial charge in [-0.15, -0.1) is 0 Å². The van der Waals surface area contributed by atoms with Crippen LogP contribution in [0.15, 0.2) is 78.9 Å². The number of imide groups is 1. The van der Waals surface area contributed by atoms with E-state index in [0.717, 1.165) is 4.90 Å². The molecule has 0 bridgehead atoms. The Morgan fingerprint density at radius 3 is 2.25 bits per heavy atom. The Morgan fingerprint density at radius 2 is 1.53 bits per heavy atom. The van der Waals surface area contributed by atoms with Gasteiger partial charge in [0.15, 0.2) is 6.10 Å². The molecular formula is C24H17FN2O5. The van der Waals surface area contributed by atoms with Crippen molar-refractivity contribution in [2.45, 2.75) is 12.1 Å². The Morgan fingerprint density at radius 1 is 0.875 bits per heavy atom. The molecule has 2 amide bonds. The summed E-state index contributed by atoms with van der Waals surface area (Å²) in [4.78, 5) is 45.3. The summed E-state index contributed by atoms with van der Waals surface area (Å²) in [6, 6.07) is 19.7. The second-order valence-electron chi connectivity index (χ2n) is 7.51. The summed E-state index contributed by atoms with van der Waals surface area (Å²) in [6.45, 7) is 0. The quantitative estimate of drug-likeness (QED) is 0.635. The number of carboxylic acids is 1. The number of para-hydroxylation sites is 2. The van der Waals surface area contributed by atoms with Crippen LogP contribution in [0.4, 0.5) is 15.8 Å². The predicted molar refractivity (Wildman–Crippen MR) is 112 cm³/mol. The third-order valence-electron chi connectivity index (χ3n) is 5.73. The van der Waals surface area contributed by atoms with Gasteiger partial charge in [-0.05, 0) is 35.9 Å². The van der Waals surface area contributed by atoms with Gasteiger partial charge in [0.2, 0.25) is 5.91 Å². The van der Waals surface area contributed by atoms with E-state index in [-0.39, 0.29) is 11.3 Å². The van der Waals surface area contributed by atoms with Crippen molar-refractivity contribution < 1.29 is 28.7 Å².